The van der Waals surface area contributed by atoms with Crippen LogP contribution in [0.25, 0.3) is 0 Å². The molecule has 3 rings (SSSR count). The Labute approximate surface area is 128 Å². The van der Waals surface area contributed by atoms with Crippen molar-refractivity contribution in [2.45, 2.75) is 11.8 Å². The highest BCUT2D eigenvalue weighted by molar-refractivity contribution is 5.85. The van der Waals surface area contributed by atoms with Gasteiger partial charge in [0.15, 0.2) is 0 Å². The lowest BCUT2D eigenvalue weighted by Gasteiger charge is -2.48. The van der Waals surface area contributed by atoms with Crippen LogP contribution in [0.5, 0.6) is 0 Å². The Hall–Kier alpha value is -2.62. The van der Waals surface area contributed by atoms with Gasteiger partial charge in [0.1, 0.15) is 0 Å². The van der Waals surface area contributed by atoms with Gasteiger partial charge in [-0.3, -0.25) is 9.59 Å². The second-order valence-corrected chi connectivity index (χ2v) is 5.60. The molecular weight excluding hydrogens is 280 g/mol. The molecule has 0 radical (unpaired) electrons. The first-order chi connectivity index (χ1) is 10.6. The van der Waals surface area contributed by atoms with E-state index in [1.54, 1.807) is 0 Å². The summed E-state index contributed by atoms with van der Waals surface area (Å²) in [5, 5.41) is 19.0. The van der Waals surface area contributed by atoms with Crippen molar-refractivity contribution in [2.24, 2.45) is 11.8 Å². The molecular formula is C18H16O4. The Bertz CT molecular complexity index is 619. The van der Waals surface area contributed by atoms with Gasteiger partial charge in [-0.2, -0.15) is 0 Å². The van der Waals surface area contributed by atoms with E-state index < -0.39 is 23.8 Å². The summed E-state index contributed by atoms with van der Waals surface area (Å²) in [4.78, 5) is 23.2. The molecule has 4 heteroatoms. The van der Waals surface area contributed by atoms with Crippen LogP contribution in [0.3, 0.4) is 0 Å². The molecule has 0 heterocycles. The van der Waals surface area contributed by atoms with Crippen LogP contribution in [0, 0.1) is 11.8 Å². The SMILES string of the molecule is O=C(O)[C@@H]1[C@H](C(=O)O)[C@H](c2ccccc2)[C@@H]1c1ccccc1. The molecule has 0 bridgehead atoms. The van der Waals surface area contributed by atoms with Gasteiger partial charge >= 0.3 is 11.9 Å². The van der Waals surface area contributed by atoms with Crippen LogP contribution in [0.1, 0.15) is 23.0 Å². The number of carboxylic acids is 2. The highest BCUT2D eigenvalue weighted by Gasteiger charge is 2.58. The summed E-state index contributed by atoms with van der Waals surface area (Å²) in [6.07, 6.45) is 0. The Kier molecular flexibility index (Phi) is 3.67. The zero-order valence-corrected chi connectivity index (χ0v) is 11.8. The van der Waals surface area contributed by atoms with Crippen LogP contribution >= 0.6 is 0 Å². The van der Waals surface area contributed by atoms with E-state index in [-0.39, 0.29) is 11.8 Å². The molecule has 2 N–H and O–H groups in total. The molecule has 1 aliphatic carbocycles. The second kappa shape index (κ2) is 5.64. The highest BCUT2D eigenvalue weighted by atomic mass is 16.4. The summed E-state index contributed by atoms with van der Waals surface area (Å²) < 4.78 is 0. The van der Waals surface area contributed by atoms with E-state index in [9.17, 15) is 19.8 Å². The number of carboxylic acid groups (broad SMARTS) is 2. The van der Waals surface area contributed by atoms with Crippen molar-refractivity contribution in [3.05, 3.63) is 71.8 Å². The summed E-state index contributed by atoms with van der Waals surface area (Å²) >= 11 is 0. The Morgan fingerprint density at radius 2 is 0.955 bits per heavy atom. The normalized spacial score (nSPS) is 26.9. The van der Waals surface area contributed by atoms with E-state index in [1.165, 1.54) is 0 Å². The molecule has 112 valence electrons. The maximum Gasteiger partial charge on any atom is 0.308 e. The zero-order valence-electron chi connectivity index (χ0n) is 11.8. The molecule has 0 amide bonds. The molecule has 0 aliphatic heterocycles. The maximum absolute atomic E-state index is 11.6. The van der Waals surface area contributed by atoms with Crippen LogP contribution < -0.4 is 0 Å². The molecule has 0 aromatic heterocycles. The lowest BCUT2D eigenvalue weighted by molar-refractivity contribution is -0.164. The van der Waals surface area contributed by atoms with Crippen molar-refractivity contribution in [3.8, 4) is 0 Å². The average Bonchev–Trinajstić information content (AvgIpc) is 2.47. The molecule has 22 heavy (non-hydrogen) atoms. The van der Waals surface area contributed by atoms with Crippen LogP contribution in [0.4, 0.5) is 0 Å². The number of benzene rings is 2. The molecule has 1 aliphatic rings. The molecule has 4 atom stereocenters. The number of aliphatic carboxylic acids is 2. The second-order valence-electron chi connectivity index (χ2n) is 5.60. The first kappa shape index (κ1) is 14.3. The molecule has 1 fully saturated rings. The van der Waals surface area contributed by atoms with Gasteiger partial charge in [-0.1, -0.05) is 60.7 Å². The van der Waals surface area contributed by atoms with E-state index in [0.717, 1.165) is 11.1 Å². The van der Waals surface area contributed by atoms with Crippen molar-refractivity contribution in [1.82, 2.24) is 0 Å². The van der Waals surface area contributed by atoms with Gasteiger partial charge in [0.05, 0.1) is 11.8 Å². The third-order valence-corrected chi connectivity index (χ3v) is 4.49. The quantitative estimate of drug-likeness (QED) is 0.909. The highest BCUT2D eigenvalue weighted by Crippen LogP contribution is 2.57. The van der Waals surface area contributed by atoms with E-state index in [2.05, 4.69) is 0 Å². The lowest BCUT2D eigenvalue weighted by Crippen LogP contribution is -2.51. The van der Waals surface area contributed by atoms with E-state index in [4.69, 9.17) is 0 Å². The van der Waals surface area contributed by atoms with Gasteiger partial charge in [-0.05, 0) is 11.1 Å². The predicted molar refractivity (Wildman–Crippen MR) is 80.6 cm³/mol. The average molecular weight is 296 g/mol. The summed E-state index contributed by atoms with van der Waals surface area (Å²) in [5.74, 6) is -4.53. The lowest BCUT2D eigenvalue weighted by atomic mass is 9.52. The minimum absolute atomic E-state index is 0.317. The molecule has 4 nitrogen and oxygen atoms in total. The maximum atomic E-state index is 11.6. The van der Waals surface area contributed by atoms with E-state index in [0.29, 0.717) is 0 Å². The molecule has 0 unspecified atom stereocenters. The van der Waals surface area contributed by atoms with Crippen molar-refractivity contribution in [1.29, 1.82) is 0 Å². The fraction of sp³-hybridized carbons (Fsp3) is 0.222. The summed E-state index contributed by atoms with van der Waals surface area (Å²) in [5.41, 5.74) is 1.75. The van der Waals surface area contributed by atoms with Gasteiger partial charge < -0.3 is 10.2 Å². The Morgan fingerprint density at radius 1 is 0.636 bits per heavy atom. The monoisotopic (exact) mass is 296 g/mol. The number of rotatable bonds is 4. The summed E-state index contributed by atoms with van der Waals surface area (Å²) in [6.45, 7) is 0. The van der Waals surface area contributed by atoms with Gasteiger partial charge in [-0.25, -0.2) is 0 Å². The summed E-state index contributed by atoms with van der Waals surface area (Å²) in [7, 11) is 0. The Balaban J connectivity index is 2.07. The van der Waals surface area contributed by atoms with Crippen LogP contribution in [-0.2, 0) is 9.59 Å². The third kappa shape index (κ3) is 2.26. The summed E-state index contributed by atoms with van der Waals surface area (Å²) in [6, 6.07) is 18.6. The Morgan fingerprint density at radius 3 is 1.23 bits per heavy atom. The van der Waals surface area contributed by atoms with Crippen molar-refractivity contribution >= 4 is 11.9 Å². The predicted octanol–water partition coefficient (Wildman–Crippen LogP) is 2.97. The zero-order chi connectivity index (χ0) is 15.7. The fourth-order valence-electron chi connectivity index (χ4n) is 3.54. The van der Waals surface area contributed by atoms with Crippen molar-refractivity contribution in [3.63, 3.8) is 0 Å². The van der Waals surface area contributed by atoms with E-state index in [1.807, 2.05) is 60.7 Å². The van der Waals surface area contributed by atoms with Gasteiger partial charge in [0.2, 0.25) is 0 Å². The molecule has 1 saturated carbocycles. The fourth-order valence-corrected chi connectivity index (χ4v) is 3.54. The molecule has 2 aromatic rings. The van der Waals surface area contributed by atoms with Crippen LogP contribution in [0.15, 0.2) is 60.7 Å². The number of hydrogen-bond acceptors (Lipinski definition) is 2. The standard InChI is InChI=1S/C18H16O4/c19-17(20)15-13(11-7-3-1-4-8-11)14(16(15)18(21)22)12-9-5-2-6-10-12/h1-10,13-16H,(H,19,20)(H,21,22)/t13-,14+,15-,16+. The van der Waals surface area contributed by atoms with Gasteiger partial charge in [0.25, 0.3) is 0 Å². The van der Waals surface area contributed by atoms with Crippen molar-refractivity contribution in [2.75, 3.05) is 0 Å². The third-order valence-electron chi connectivity index (χ3n) is 4.49. The van der Waals surface area contributed by atoms with Gasteiger partial charge in [0, 0.05) is 11.8 Å². The molecule has 0 spiro atoms. The number of carbonyl (C=O) groups is 2. The van der Waals surface area contributed by atoms with Gasteiger partial charge in [-0.15, -0.1) is 0 Å². The minimum atomic E-state index is -1.05. The smallest absolute Gasteiger partial charge is 0.308 e. The molecule has 0 saturated heterocycles. The molecule has 2 aromatic carbocycles. The van der Waals surface area contributed by atoms with Crippen molar-refractivity contribution < 1.29 is 19.8 Å². The number of hydrogen-bond donors (Lipinski definition) is 2. The van der Waals surface area contributed by atoms with Crippen LogP contribution in [0.2, 0.25) is 0 Å². The topological polar surface area (TPSA) is 74.6 Å². The van der Waals surface area contributed by atoms with Crippen LogP contribution in [-0.4, -0.2) is 22.2 Å². The van der Waals surface area contributed by atoms with E-state index >= 15 is 0 Å². The largest absolute Gasteiger partial charge is 0.481 e. The minimum Gasteiger partial charge on any atom is -0.481 e. The first-order valence-corrected chi connectivity index (χ1v) is 7.16. The first-order valence-electron chi connectivity index (χ1n) is 7.16.